The predicted molar refractivity (Wildman–Crippen MR) is 124 cm³/mol. The van der Waals surface area contributed by atoms with Crippen LogP contribution in [-0.4, -0.2) is 33.5 Å². The molecule has 2 aromatic heterocycles. The Bertz CT molecular complexity index is 1130. The van der Waals surface area contributed by atoms with Gasteiger partial charge in [0.2, 0.25) is 5.91 Å². The number of aromatic nitrogens is 3. The highest BCUT2D eigenvalue weighted by atomic mass is 32.2. The molecule has 0 spiro atoms. The fourth-order valence-electron chi connectivity index (χ4n) is 3.19. The smallest absolute Gasteiger partial charge is 0.231 e. The molecule has 0 aliphatic heterocycles. The van der Waals surface area contributed by atoms with Gasteiger partial charge in [0.25, 0.3) is 0 Å². The first-order chi connectivity index (χ1) is 15.2. The van der Waals surface area contributed by atoms with Gasteiger partial charge in [0.1, 0.15) is 5.75 Å². The van der Waals surface area contributed by atoms with Crippen LogP contribution in [0.1, 0.15) is 17.2 Å². The quantitative estimate of drug-likeness (QED) is 0.399. The van der Waals surface area contributed by atoms with Gasteiger partial charge >= 0.3 is 0 Å². The minimum atomic E-state index is -0.249. The summed E-state index contributed by atoms with van der Waals surface area (Å²) in [5.74, 6) is 1.76. The van der Waals surface area contributed by atoms with E-state index in [1.807, 2.05) is 83.7 Å². The molecule has 158 valence electrons. The van der Waals surface area contributed by atoms with Gasteiger partial charge in [0.15, 0.2) is 11.0 Å². The normalized spacial score (nSPS) is 11.8. The van der Waals surface area contributed by atoms with Gasteiger partial charge in [-0.05, 0) is 34.7 Å². The summed E-state index contributed by atoms with van der Waals surface area (Å²) in [6, 6.07) is 21.4. The van der Waals surface area contributed by atoms with E-state index in [0.717, 1.165) is 27.6 Å². The summed E-state index contributed by atoms with van der Waals surface area (Å²) < 4.78 is 7.18. The minimum Gasteiger partial charge on any atom is -0.497 e. The molecule has 4 aromatic rings. The van der Waals surface area contributed by atoms with Crippen LogP contribution in [-0.2, 0) is 11.8 Å². The van der Waals surface area contributed by atoms with Crippen LogP contribution in [0.15, 0.2) is 77.3 Å². The van der Waals surface area contributed by atoms with E-state index in [4.69, 9.17) is 4.74 Å². The molecule has 0 bridgehead atoms. The minimum absolute atomic E-state index is 0.0738. The van der Waals surface area contributed by atoms with Crippen LogP contribution in [0.2, 0.25) is 0 Å². The number of carbonyl (C=O) groups is 1. The SMILES string of the molecule is COc1ccc(C(NC(=O)CSc2nnc(-c3cccs3)n2C)c2ccccc2)cc1. The van der Waals surface area contributed by atoms with Crippen molar-refractivity contribution in [2.45, 2.75) is 11.2 Å². The Hall–Kier alpha value is -3.10. The van der Waals surface area contributed by atoms with Gasteiger partial charge in [-0.1, -0.05) is 60.3 Å². The molecule has 0 aliphatic carbocycles. The van der Waals surface area contributed by atoms with E-state index in [9.17, 15) is 4.79 Å². The average Bonchev–Trinajstić information content (AvgIpc) is 3.46. The molecule has 2 heterocycles. The van der Waals surface area contributed by atoms with Gasteiger partial charge in [-0.3, -0.25) is 4.79 Å². The zero-order valence-corrected chi connectivity index (χ0v) is 18.8. The van der Waals surface area contributed by atoms with Crippen molar-refractivity contribution in [3.8, 4) is 16.5 Å². The van der Waals surface area contributed by atoms with E-state index in [-0.39, 0.29) is 17.7 Å². The van der Waals surface area contributed by atoms with E-state index in [1.54, 1.807) is 18.4 Å². The first kappa shape index (κ1) is 21.1. The zero-order chi connectivity index (χ0) is 21.6. The Labute approximate surface area is 189 Å². The molecule has 6 nitrogen and oxygen atoms in total. The molecule has 0 fully saturated rings. The van der Waals surface area contributed by atoms with Crippen molar-refractivity contribution in [3.63, 3.8) is 0 Å². The lowest BCUT2D eigenvalue weighted by Gasteiger charge is -2.20. The van der Waals surface area contributed by atoms with E-state index in [2.05, 4.69) is 15.5 Å². The monoisotopic (exact) mass is 450 g/mol. The number of amides is 1. The van der Waals surface area contributed by atoms with Gasteiger partial charge in [0, 0.05) is 7.05 Å². The summed E-state index contributed by atoms with van der Waals surface area (Å²) in [7, 11) is 3.55. The summed E-state index contributed by atoms with van der Waals surface area (Å²) in [6.07, 6.45) is 0. The number of benzene rings is 2. The van der Waals surface area contributed by atoms with Gasteiger partial charge in [-0.25, -0.2) is 0 Å². The molecule has 1 unspecified atom stereocenters. The second kappa shape index (κ2) is 9.80. The number of nitrogens with one attached hydrogen (secondary N) is 1. The van der Waals surface area contributed by atoms with Crippen LogP contribution < -0.4 is 10.1 Å². The standard InChI is InChI=1S/C23H22N4O2S2/c1-27-22(19-9-6-14-30-19)25-26-23(27)31-15-20(28)24-21(16-7-4-3-5-8-16)17-10-12-18(29-2)13-11-17/h3-14,21H,15H2,1-2H3,(H,24,28). The maximum atomic E-state index is 12.8. The van der Waals surface area contributed by atoms with E-state index >= 15 is 0 Å². The summed E-state index contributed by atoms with van der Waals surface area (Å²) in [6.45, 7) is 0. The number of nitrogens with zero attached hydrogens (tertiary/aromatic N) is 3. The Morgan fingerprint density at radius 2 is 1.81 bits per heavy atom. The first-order valence-electron chi connectivity index (χ1n) is 9.70. The Kier molecular flexibility index (Phi) is 6.69. The molecule has 8 heteroatoms. The molecule has 1 N–H and O–H groups in total. The molecule has 0 saturated carbocycles. The number of rotatable bonds is 8. The average molecular weight is 451 g/mol. The molecule has 2 aromatic carbocycles. The van der Waals surface area contributed by atoms with Gasteiger partial charge in [-0.2, -0.15) is 0 Å². The fourth-order valence-corrected chi connectivity index (χ4v) is 4.66. The maximum absolute atomic E-state index is 12.8. The predicted octanol–water partition coefficient (Wildman–Crippen LogP) is 4.55. The molecule has 4 rings (SSSR count). The molecule has 1 amide bonds. The number of thioether (sulfide) groups is 1. The van der Waals surface area contributed by atoms with Gasteiger partial charge in [0.05, 0.1) is 23.8 Å². The highest BCUT2D eigenvalue weighted by Gasteiger charge is 2.18. The van der Waals surface area contributed by atoms with Crippen molar-refractivity contribution in [1.29, 1.82) is 0 Å². The second-order valence-corrected chi connectivity index (χ2v) is 8.71. The van der Waals surface area contributed by atoms with E-state index in [1.165, 1.54) is 11.8 Å². The number of carbonyl (C=O) groups excluding carboxylic acids is 1. The lowest BCUT2D eigenvalue weighted by atomic mass is 9.98. The maximum Gasteiger partial charge on any atom is 0.231 e. The third kappa shape index (κ3) is 4.98. The fraction of sp³-hybridized carbons (Fsp3) is 0.174. The van der Waals surface area contributed by atoms with Crippen LogP contribution in [0.3, 0.4) is 0 Å². The van der Waals surface area contributed by atoms with Gasteiger partial charge in [-0.15, -0.1) is 21.5 Å². The lowest BCUT2D eigenvalue weighted by Crippen LogP contribution is -2.30. The number of hydrogen-bond donors (Lipinski definition) is 1. The van der Waals surface area contributed by atoms with Crippen LogP contribution in [0.5, 0.6) is 5.75 Å². The van der Waals surface area contributed by atoms with Crippen molar-refractivity contribution < 1.29 is 9.53 Å². The molecule has 0 radical (unpaired) electrons. The molecular weight excluding hydrogens is 428 g/mol. The van der Waals surface area contributed by atoms with Crippen LogP contribution in [0.4, 0.5) is 0 Å². The number of thiophene rings is 1. The largest absolute Gasteiger partial charge is 0.497 e. The third-order valence-electron chi connectivity index (χ3n) is 4.80. The van der Waals surface area contributed by atoms with Crippen LogP contribution >= 0.6 is 23.1 Å². The van der Waals surface area contributed by atoms with Gasteiger partial charge < -0.3 is 14.6 Å². The van der Waals surface area contributed by atoms with Crippen LogP contribution in [0.25, 0.3) is 10.7 Å². The Morgan fingerprint density at radius 3 is 2.48 bits per heavy atom. The summed E-state index contributed by atoms with van der Waals surface area (Å²) in [5.41, 5.74) is 2.01. The second-order valence-electron chi connectivity index (χ2n) is 6.82. The van der Waals surface area contributed by atoms with Crippen molar-refractivity contribution in [3.05, 3.63) is 83.2 Å². The molecule has 31 heavy (non-hydrogen) atoms. The molecule has 0 aliphatic rings. The molecular formula is C23H22N4O2S2. The number of ether oxygens (including phenoxy) is 1. The summed E-state index contributed by atoms with van der Waals surface area (Å²) >= 11 is 2.99. The lowest BCUT2D eigenvalue weighted by molar-refractivity contribution is -0.119. The van der Waals surface area contributed by atoms with Crippen molar-refractivity contribution in [1.82, 2.24) is 20.1 Å². The number of hydrogen-bond acceptors (Lipinski definition) is 6. The van der Waals surface area contributed by atoms with Crippen molar-refractivity contribution >= 4 is 29.0 Å². The first-order valence-corrected chi connectivity index (χ1v) is 11.6. The Balaban J connectivity index is 1.47. The van der Waals surface area contributed by atoms with Crippen molar-refractivity contribution in [2.75, 3.05) is 12.9 Å². The summed E-state index contributed by atoms with van der Waals surface area (Å²) in [5, 5.41) is 14.4. The topological polar surface area (TPSA) is 69.0 Å². The van der Waals surface area contributed by atoms with E-state index < -0.39 is 0 Å². The highest BCUT2D eigenvalue weighted by Crippen LogP contribution is 2.27. The third-order valence-corrected chi connectivity index (χ3v) is 6.68. The van der Waals surface area contributed by atoms with Crippen LogP contribution in [0, 0.1) is 0 Å². The highest BCUT2D eigenvalue weighted by molar-refractivity contribution is 7.99. The molecule has 1 atom stereocenters. The zero-order valence-electron chi connectivity index (χ0n) is 17.2. The Morgan fingerprint density at radius 1 is 1.06 bits per heavy atom. The van der Waals surface area contributed by atoms with E-state index in [0.29, 0.717) is 5.16 Å². The number of methoxy groups -OCH3 is 1. The summed E-state index contributed by atoms with van der Waals surface area (Å²) in [4.78, 5) is 13.9. The molecule has 0 saturated heterocycles. The van der Waals surface area contributed by atoms with Crippen molar-refractivity contribution in [2.24, 2.45) is 7.05 Å².